The fourth-order valence-electron chi connectivity index (χ4n) is 4.22. The van der Waals surface area contributed by atoms with Crippen molar-refractivity contribution in [1.82, 2.24) is 15.0 Å². The molecule has 2 aromatic carbocycles. The third-order valence-corrected chi connectivity index (χ3v) is 6.32. The van der Waals surface area contributed by atoms with E-state index in [4.69, 9.17) is 14.2 Å². The van der Waals surface area contributed by atoms with Gasteiger partial charge in [0.15, 0.2) is 11.9 Å². The van der Waals surface area contributed by atoms with Crippen LogP contribution in [-0.4, -0.2) is 46.5 Å². The average Bonchev–Trinajstić information content (AvgIpc) is 3.55. The van der Waals surface area contributed by atoms with Crippen molar-refractivity contribution in [2.24, 2.45) is 0 Å². The number of hydrogen-bond donors (Lipinski definition) is 1. The molecule has 3 atom stereocenters. The van der Waals surface area contributed by atoms with Crippen molar-refractivity contribution in [3.05, 3.63) is 52.9 Å². The highest BCUT2D eigenvalue weighted by molar-refractivity contribution is 7.07. The second kappa shape index (κ2) is 7.37. The summed E-state index contributed by atoms with van der Waals surface area (Å²) in [4.78, 5) is 11.3. The molecule has 6 rings (SSSR count). The summed E-state index contributed by atoms with van der Waals surface area (Å²) in [5.74, 6) is -1.41. The second-order valence-electron chi connectivity index (χ2n) is 7.59. The zero-order valence-corrected chi connectivity index (χ0v) is 17.0. The molecule has 0 aliphatic carbocycles. The molecular formula is C22H17F2N3O3S. The number of hydrogen-bond acceptors (Lipinski definition) is 6. The molecule has 0 spiro atoms. The molecule has 31 heavy (non-hydrogen) atoms. The van der Waals surface area contributed by atoms with Crippen molar-refractivity contribution in [3.8, 4) is 28.4 Å². The number of aromatic amines is 1. The molecule has 2 aromatic heterocycles. The van der Waals surface area contributed by atoms with Crippen LogP contribution in [0.5, 0.6) is 6.01 Å². The van der Waals surface area contributed by atoms with Crippen LogP contribution < -0.4 is 4.74 Å². The Kier molecular flexibility index (Phi) is 4.48. The number of thiazole rings is 1. The van der Waals surface area contributed by atoms with Crippen molar-refractivity contribution < 1.29 is 23.0 Å². The van der Waals surface area contributed by atoms with Gasteiger partial charge in [-0.2, -0.15) is 4.98 Å². The largest absolute Gasteiger partial charge is 0.456 e. The van der Waals surface area contributed by atoms with Crippen molar-refractivity contribution >= 4 is 22.4 Å². The summed E-state index contributed by atoms with van der Waals surface area (Å²) in [6, 6.07) is 8.31. The summed E-state index contributed by atoms with van der Waals surface area (Å²) in [6.07, 6.45) is 0.345. The number of fused-ring (bicyclic) bond motifs is 2. The fourth-order valence-corrected chi connectivity index (χ4v) is 4.78. The molecule has 1 N–H and O–H groups in total. The Morgan fingerprint density at radius 1 is 1.13 bits per heavy atom. The zero-order chi connectivity index (χ0) is 20.9. The molecule has 3 unspecified atom stereocenters. The maximum atomic E-state index is 15.3. The monoisotopic (exact) mass is 441 g/mol. The summed E-state index contributed by atoms with van der Waals surface area (Å²) in [6.45, 7) is 1.000. The topological polar surface area (TPSA) is 69.3 Å². The molecule has 0 radical (unpaired) electrons. The first-order valence-corrected chi connectivity index (χ1v) is 10.9. The molecule has 2 saturated heterocycles. The van der Waals surface area contributed by atoms with Crippen LogP contribution in [-0.2, 0) is 9.47 Å². The molecule has 2 fully saturated rings. The minimum absolute atomic E-state index is 0.0161. The van der Waals surface area contributed by atoms with E-state index in [0.29, 0.717) is 18.8 Å². The van der Waals surface area contributed by atoms with Crippen LogP contribution in [0.4, 0.5) is 8.78 Å². The summed E-state index contributed by atoms with van der Waals surface area (Å²) >= 11 is 1.49. The highest BCUT2D eigenvalue weighted by Crippen LogP contribution is 2.34. The summed E-state index contributed by atoms with van der Waals surface area (Å²) in [5, 5.41) is 1.92. The highest BCUT2D eigenvalue weighted by Gasteiger charge is 2.43. The quantitative estimate of drug-likeness (QED) is 0.503. The Morgan fingerprint density at radius 2 is 1.97 bits per heavy atom. The molecule has 0 saturated carbocycles. The van der Waals surface area contributed by atoms with Gasteiger partial charge < -0.3 is 19.2 Å². The van der Waals surface area contributed by atoms with Crippen molar-refractivity contribution in [2.45, 2.75) is 24.7 Å². The van der Waals surface area contributed by atoms with Gasteiger partial charge in [0.25, 0.3) is 6.01 Å². The van der Waals surface area contributed by atoms with Gasteiger partial charge in [0.05, 0.1) is 35.0 Å². The molecule has 6 nitrogen and oxygen atoms in total. The lowest BCUT2D eigenvalue weighted by molar-refractivity contribution is 0.0273. The van der Waals surface area contributed by atoms with E-state index in [1.54, 1.807) is 29.8 Å². The maximum Gasteiger partial charge on any atom is 0.295 e. The average molecular weight is 441 g/mol. The van der Waals surface area contributed by atoms with E-state index in [-0.39, 0.29) is 40.9 Å². The molecule has 2 aliphatic heterocycles. The molecule has 9 heteroatoms. The lowest BCUT2D eigenvalue weighted by atomic mass is 10.0. The highest BCUT2D eigenvalue weighted by atomic mass is 32.1. The van der Waals surface area contributed by atoms with E-state index < -0.39 is 11.6 Å². The molecule has 0 amide bonds. The maximum absolute atomic E-state index is 15.3. The SMILES string of the molecule is Fc1cc2[nH]c(OC3COC4CCOC43)nc2c(F)c1-c1ccc(-c2cscn2)cc1. The van der Waals surface area contributed by atoms with E-state index in [1.165, 1.54) is 17.4 Å². The summed E-state index contributed by atoms with van der Waals surface area (Å²) in [5.41, 5.74) is 4.00. The van der Waals surface area contributed by atoms with E-state index >= 15 is 4.39 Å². The van der Waals surface area contributed by atoms with Crippen LogP contribution in [0, 0.1) is 11.6 Å². The zero-order valence-electron chi connectivity index (χ0n) is 16.2. The lowest BCUT2D eigenvalue weighted by Gasteiger charge is -2.15. The molecular weight excluding hydrogens is 424 g/mol. The van der Waals surface area contributed by atoms with Crippen LogP contribution >= 0.6 is 11.3 Å². The van der Waals surface area contributed by atoms with Gasteiger partial charge in [-0.1, -0.05) is 24.3 Å². The second-order valence-corrected chi connectivity index (χ2v) is 8.31. The predicted molar refractivity (Wildman–Crippen MR) is 111 cm³/mol. The number of rotatable bonds is 4. The van der Waals surface area contributed by atoms with Crippen LogP contribution in [0.15, 0.2) is 41.2 Å². The van der Waals surface area contributed by atoms with Crippen molar-refractivity contribution in [1.29, 1.82) is 0 Å². The number of nitrogens with one attached hydrogen (secondary N) is 1. The third kappa shape index (κ3) is 3.20. The minimum atomic E-state index is -0.736. The number of nitrogens with zero attached hydrogens (tertiary/aromatic N) is 2. The number of imidazole rings is 1. The molecule has 0 bridgehead atoms. The normalized spacial score (nSPS) is 22.8. The van der Waals surface area contributed by atoms with E-state index in [1.807, 2.05) is 5.38 Å². The smallest absolute Gasteiger partial charge is 0.295 e. The van der Waals surface area contributed by atoms with Gasteiger partial charge in [-0.05, 0) is 12.0 Å². The Morgan fingerprint density at radius 3 is 2.77 bits per heavy atom. The lowest BCUT2D eigenvalue weighted by Crippen LogP contribution is -2.32. The van der Waals surface area contributed by atoms with Crippen LogP contribution in [0.2, 0.25) is 0 Å². The Labute approximate surface area is 179 Å². The Hall–Kier alpha value is -2.88. The first-order valence-electron chi connectivity index (χ1n) is 9.94. The summed E-state index contributed by atoms with van der Waals surface area (Å²) in [7, 11) is 0. The van der Waals surface area contributed by atoms with Crippen molar-refractivity contribution in [3.63, 3.8) is 0 Å². The Balaban J connectivity index is 1.33. The number of halogens is 2. The molecule has 4 heterocycles. The third-order valence-electron chi connectivity index (χ3n) is 5.73. The summed E-state index contributed by atoms with van der Waals surface area (Å²) < 4.78 is 47.3. The first-order chi connectivity index (χ1) is 15.2. The number of benzene rings is 2. The van der Waals surface area contributed by atoms with Crippen LogP contribution in [0.1, 0.15) is 6.42 Å². The van der Waals surface area contributed by atoms with E-state index in [2.05, 4.69) is 15.0 Å². The number of H-pyrrole nitrogens is 1. The molecule has 2 aliphatic rings. The van der Waals surface area contributed by atoms with Crippen LogP contribution in [0.25, 0.3) is 33.4 Å². The Bertz CT molecular complexity index is 1240. The standard InChI is InChI=1S/C22H17F2N3O3S/c23-13-7-14-20(27-22(26-14)30-17-8-29-16-5-6-28-21(16)17)19(24)18(13)12-3-1-11(2-4-12)15-9-31-10-25-15/h1-4,7,9-10,16-17,21H,5-6,8H2,(H,26,27). The molecule has 158 valence electrons. The fraction of sp³-hybridized carbons (Fsp3) is 0.273. The van der Waals surface area contributed by atoms with Gasteiger partial charge in [0.1, 0.15) is 17.4 Å². The van der Waals surface area contributed by atoms with Gasteiger partial charge in [-0.25, -0.2) is 13.8 Å². The predicted octanol–water partition coefficient (Wildman–Crippen LogP) is 4.57. The number of aromatic nitrogens is 3. The van der Waals surface area contributed by atoms with E-state index in [0.717, 1.165) is 17.7 Å². The van der Waals surface area contributed by atoms with Gasteiger partial charge in [-0.3, -0.25) is 0 Å². The number of ether oxygens (including phenoxy) is 3. The van der Waals surface area contributed by atoms with Gasteiger partial charge in [0, 0.05) is 23.6 Å². The van der Waals surface area contributed by atoms with E-state index in [9.17, 15) is 4.39 Å². The van der Waals surface area contributed by atoms with Crippen molar-refractivity contribution in [2.75, 3.05) is 13.2 Å². The first kappa shape index (κ1) is 18.9. The molecule has 4 aromatic rings. The van der Waals surface area contributed by atoms with Gasteiger partial charge >= 0.3 is 0 Å². The minimum Gasteiger partial charge on any atom is -0.456 e. The van der Waals surface area contributed by atoms with Crippen LogP contribution in [0.3, 0.4) is 0 Å². The van der Waals surface area contributed by atoms with Gasteiger partial charge in [-0.15, -0.1) is 11.3 Å². The van der Waals surface area contributed by atoms with Gasteiger partial charge in [0.2, 0.25) is 0 Å².